The van der Waals surface area contributed by atoms with Gasteiger partial charge >= 0.3 is 0 Å². The van der Waals surface area contributed by atoms with Gasteiger partial charge in [-0.25, -0.2) is 0 Å². The lowest BCUT2D eigenvalue weighted by Gasteiger charge is -2.33. The second-order valence-corrected chi connectivity index (χ2v) is 6.20. The summed E-state index contributed by atoms with van der Waals surface area (Å²) in [5.74, 6) is 0.651. The van der Waals surface area contributed by atoms with Crippen LogP contribution in [0.1, 0.15) is 31.6 Å². The molecule has 0 aliphatic carbocycles. The van der Waals surface area contributed by atoms with Crippen molar-refractivity contribution in [3.05, 3.63) is 4.88 Å². The lowest BCUT2D eigenvalue weighted by molar-refractivity contribution is 0.0893. The van der Waals surface area contributed by atoms with Crippen molar-refractivity contribution >= 4 is 22.0 Å². The first-order chi connectivity index (χ1) is 9.56. The maximum absolute atomic E-state index is 9.17. The number of hydrogen-bond acceptors (Lipinski definition) is 6. The maximum Gasteiger partial charge on any atom is 0.178 e. The molecule has 1 saturated heterocycles. The summed E-state index contributed by atoms with van der Waals surface area (Å²) in [6.07, 6.45) is 2.39. The van der Waals surface area contributed by atoms with E-state index in [-0.39, 0.29) is 12.2 Å². The summed E-state index contributed by atoms with van der Waals surface area (Å²) < 4.78 is 11.3. The van der Waals surface area contributed by atoms with Gasteiger partial charge < -0.3 is 20.1 Å². The van der Waals surface area contributed by atoms with E-state index in [0.29, 0.717) is 16.3 Å². The molecule has 6 heteroatoms. The van der Waals surface area contributed by atoms with Crippen LogP contribution in [0.3, 0.4) is 0 Å². The molecule has 1 aliphatic heterocycles. The molecule has 2 rings (SSSR count). The minimum atomic E-state index is 0.0280. The fourth-order valence-corrected chi connectivity index (χ4v) is 3.36. The highest BCUT2D eigenvalue weighted by Gasteiger charge is 2.27. The van der Waals surface area contributed by atoms with Gasteiger partial charge in [0.15, 0.2) is 5.75 Å². The zero-order chi connectivity index (χ0) is 14.7. The molecule has 0 amide bonds. The summed E-state index contributed by atoms with van der Waals surface area (Å²) >= 11 is 1.41. The Balaban J connectivity index is 2.32. The van der Waals surface area contributed by atoms with Crippen molar-refractivity contribution in [1.29, 1.82) is 5.26 Å². The molecule has 2 heterocycles. The molecule has 0 saturated carbocycles. The van der Waals surface area contributed by atoms with E-state index in [1.165, 1.54) is 11.3 Å². The van der Waals surface area contributed by atoms with Crippen molar-refractivity contribution < 1.29 is 9.47 Å². The van der Waals surface area contributed by atoms with E-state index in [9.17, 15) is 0 Å². The topological polar surface area (TPSA) is 71.5 Å². The average Bonchev–Trinajstić information content (AvgIpc) is 2.75. The van der Waals surface area contributed by atoms with Crippen molar-refractivity contribution in [2.45, 2.75) is 38.9 Å². The van der Waals surface area contributed by atoms with E-state index in [4.69, 9.17) is 20.5 Å². The van der Waals surface area contributed by atoms with Gasteiger partial charge in [-0.1, -0.05) is 0 Å². The van der Waals surface area contributed by atoms with Crippen molar-refractivity contribution in [2.75, 3.05) is 30.8 Å². The van der Waals surface area contributed by atoms with E-state index in [1.807, 2.05) is 13.8 Å². The second kappa shape index (κ2) is 6.33. The van der Waals surface area contributed by atoms with Crippen LogP contribution in [0.2, 0.25) is 0 Å². The predicted octanol–water partition coefficient (Wildman–Crippen LogP) is 2.60. The summed E-state index contributed by atoms with van der Waals surface area (Å²) in [5.41, 5.74) is 6.50. The SMILES string of the molecule is COC1CCCN(c2sc(C#N)c(N)c2OC(C)C)C1. The van der Waals surface area contributed by atoms with Gasteiger partial charge in [0, 0.05) is 20.2 Å². The van der Waals surface area contributed by atoms with Gasteiger partial charge in [0.2, 0.25) is 0 Å². The Morgan fingerprint density at radius 2 is 2.25 bits per heavy atom. The molecule has 1 aromatic heterocycles. The first-order valence-corrected chi connectivity index (χ1v) is 7.65. The molecule has 1 atom stereocenters. The van der Waals surface area contributed by atoms with Gasteiger partial charge in [-0.2, -0.15) is 5.26 Å². The third-order valence-corrected chi connectivity index (χ3v) is 4.49. The fraction of sp³-hybridized carbons (Fsp3) is 0.643. The van der Waals surface area contributed by atoms with Gasteiger partial charge in [0.1, 0.15) is 21.6 Å². The van der Waals surface area contributed by atoms with E-state index >= 15 is 0 Å². The van der Waals surface area contributed by atoms with E-state index < -0.39 is 0 Å². The average molecular weight is 295 g/mol. The molecular formula is C14H21N3O2S. The standard InChI is InChI=1S/C14H21N3O2S/c1-9(2)19-13-12(16)11(7-15)20-14(13)17-6-4-5-10(8-17)18-3/h9-10H,4-6,8,16H2,1-3H3. The first-order valence-electron chi connectivity index (χ1n) is 6.83. The number of nitriles is 1. The molecule has 1 aliphatic rings. The van der Waals surface area contributed by atoms with Crippen LogP contribution in [0.5, 0.6) is 5.75 Å². The predicted molar refractivity (Wildman–Crippen MR) is 81.5 cm³/mol. The van der Waals surface area contributed by atoms with E-state index in [1.54, 1.807) is 7.11 Å². The van der Waals surface area contributed by atoms with Crippen LogP contribution < -0.4 is 15.4 Å². The molecule has 110 valence electrons. The van der Waals surface area contributed by atoms with Crippen LogP contribution in [0.25, 0.3) is 0 Å². The minimum absolute atomic E-state index is 0.0280. The second-order valence-electron chi connectivity index (χ2n) is 5.20. The number of hydrogen-bond donors (Lipinski definition) is 1. The Kier molecular flexibility index (Phi) is 4.73. The van der Waals surface area contributed by atoms with Crippen LogP contribution >= 0.6 is 11.3 Å². The van der Waals surface area contributed by atoms with Gasteiger partial charge in [0.25, 0.3) is 0 Å². The smallest absolute Gasteiger partial charge is 0.178 e. The molecule has 1 aromatic rings. The van der Waals surface area contributed by atoms with Crippen molar-refractivity contribution in [3.63, 3.8) is 0 Å². The van der Waals surface area contributed by atoms with Gasteiger partial charge in [-0.3, -0.25) is 0 Å². The zero-order valence-electron chi connectivity index (χ0n) is 12.2. The Bertz CT molecular complexity index is 507. The number of anilines is 2. The lowest BCUT2D eigenvalue weighted by atomic mass is 10.1. The monoisotopic (exact) mass is 295 g/mol. The molecule has 5 nitrogen and oxygen atoms in total. The number of nitrogens with two attached hydrogens (primary N) is 1. The first kappa shape index (κ1) is 14.9. The summed E-state index contributed by atoms with van der Waals surface area (Å²) in [4.78, 5) is 2.74. The molecule has 1 unspecified atom stereocenters. The van der Waals surface area contributed by atoms with E-state index in [2.05, 4.69) is 11.0 Å². The van der Waals surface area contributed by atoms with Gasteiger partial charge in [0.05, 0.1) is 12.2 Å². The van der Waals surface area contributed by atoms with Crippen molar-refractivity contribution in [1.82, 2.24) is 0 Å². The summed E-state index contributed by atoms with van der Waals surface area (Å²) in [5, 5.41) is 10.1. The molecule has 0 aromatic carbocycles. The number of ether oxygens (including phenoxy) is 2. The van der Waals surface area contributed by atoms with Crippen LogP contribution in [0.4, 0.5) is 10.7 Å². The molecule has 20 heavy (non-hydrogen) atoms. The van der Waals surface area contributed by atoms with Crippen LogP contribution in [-0.2, 0) is 4.74 Å². The summed E-state index contributed by atoms with van der Waals surface area (Å²) in [6.45, 7) is 5.68. The highest BCUT2D eigenvalue weighted by molar-refractivity contribution is 7.17. The molecule has 2 N–H and O–H groups in total. The largest absolute Gasteiger partial charge is 0.486 e. The number of thiophene rings is 1. The van der Waals surface area contributed by atoms with Crippen LogP contribution in [-0.4, -0.2) is 32.4 Å². The normalized spacial score (nSPS) is 19.1. The number of methoxy groups -OCH3 is 1. The summed E-state index contributed by atoms with van der Waals surface area (Å²) in [7, 11) is 1.74. The fourth-order valence-electron chi connectivity index (χ4n) is 2.37. The molecule has 0 bridgehead atoms. The Morgan fingerprint density at radius 1 is 1.50 bits per heavy atom. The number of piperidine rings is 1. The minimum Gasteiger partial charge on any atom is -0.486 e. The Hall–Kier alpha value is -1.45. The number of nitrogen functional groups attached to an aromatic ring is 1. The Labute approximate surface area is 123 Å². The summed E-state index contributed by atoms with van der Waals surface area (Å²) in [6, 6.07) is 2.15. The lowest BCUT2D eigenvalue weighted by Crippen LogP contribution is -2.39. The van der Waals surface area contributed by atoms with E-state index in [0.717, 1.165) is 30.9 Å². The maximum atomic E-state index is 9.17. The third-order valence-electron chi connectivity index (χ3n) is 3.34. The highest BCUT2D eigenvalue weighted by Crippen LogP contribution is 2.45. The van der Waals surface area contributed by atoms with Gasteiger partial charge in [-0.05, 0) is 26.7 Å². The van der Waals surface area contributed by atoms with Crippen molar-refractivity contribution in [2.24, 2.45) is 0 Å². The Morgan fingerprint density at radius 3 is 2.85 bits per heavy atom. The number of rotatable bonds is 4. The third kappa shape index (κ3) is 3.00. The highest BCUT2D eigenvalue weighted by atomic mass is 32.1. The van der Waals surface area contributed by atoms with Gasteiger partial charge in [-0.15, -0.1) is 11.3 Å². The quantitative estimate of drug-likeness (QED) is 0.924. The molecule has 0 spiro atoms. The van der Waals surface area contributed by atoms with Crippen molar-refractivity contribution in [3.8, 4) is 11.8 Å². The zero-order valence-corrected chi connectivity index (χ0v) is 13.0. The molecular weight excluding hydrogens is 274 g/mol. The number of nitrogens with zero attached hydrogens (tertiary/aromatic N) is 2. The molecule has 1 fully saturated rings. The van der Waals surface area contributed by atoms with Crippen LogP contribution in [0.15, 0.2) is 0 Å². The molecule has 0 radical (unpaired) electrons. The van der Waals surface area contributed by atoms with Crippen LogP contribution in [0, 0.1) is 11.3 Å².